The topological polar surface area (TPSA) is 89.8 Å². The first-order valence-electron chi connectivity index (χ1n) is 9.41. The maximum atomic E-state index is 11.3. The molecule has 1 aromatic rings. The molecule has 7 nitrogen and oxygen atoms in total. The summed E-state index contributed by atoms with van der Waals surface area (Å²) in [5.74, 6) is 0. The summed E-state index contributed by atoms with van der Waals surface area (Å²) in [6.07, 6.45) is 5.85. The normalized spacial score (nSPS) is 18.2. The van der Waals surface area contributed by atoms with Crippen LogP contribution in [-0.2, 0) is 4.74 Å². The molecule has 0 bridgehead atoms. The third-order valence-corrected chi connectivity index (χ3v) is 4.81. The summed E-state index contributed by atoms with van der Waals surface area (Å²) in [6, 6.07) is 1.93. The van der Waals surface area contributed by atoms with Crippen LogP contribution in [0.1, 0.15) is 39.5 Å². The van der Waals surface area contributed by atoms with E-state index < -0.39 is 0 Å². The first-order chi connectivity index (χ1) is 12.9. The Labute approximate surface area is 165 Å². The summed E-state index contributed by atoms with van der Waals surface area (Å²) in [6.45, 7) is 6.65. The summed E-state index contributed by atoms with van der Waals surface area (Å²) < 4.78 is 5.03. The van der Waals surface area contributed by atoms with Gasteiger partial charge in [-0.1, -0.05) is 11.6 Å². The van der Waals surface area contributed by atoms with Crippen molar-refractivity contribution >= 4 is 29.1 Å². The van der Waals surface area contributed by atoms with Crippen LogP contribution in [0.3, 0.4) is 0 Å². The zero-order valence-electron chi connectivity index (χ0n) is 16.0. The molecular weight excluding hydrogens is 368 g/mol. The zero-order valence-corrected chi connectivity index (χ0v) is 16.8. The lowest BCUT2D eigenvalue weighted by Gasteiger charge is -2.29. The van der Waals surface area contributed by atoms with Crippen molar-refractivity contribution in [1.82, 2.24) is 9.88 Å². The number of nitrogens with zero attached hydrogens (tertiary/aromatic N) is 3. The van der Waals surface area contributed by atoms with Gasteiger partial charge in [0.05, 0.1) is 22.9 Å². The molecule has 3 rings (SSSR count). The number of pyridine rings is 1. The van der Waals surface area contributed by atoms with Gasteiger partial charge in [-0.3, -0.25) is 4.98 Å². The number of likely N-dealkylation sites (tertiary alicyclic amines) is 1. The van der Waals surface area contributed by atoms with E-state index in [9.17, 15) is 9.90 Å². The minimum absolute atomic E-state index is 0.0700. The third-order valence-electron chi connectivity index (χ3n) is 4.52. The van der Waals surface area contributed by atoms with Crippen molar-refractivity contribution in [2.45, 2.75) is 51.7 Å². The number of anilines is 1. The Hall–Kier alpha value is -1.86. The van der Waals surface area contributed by atoms with Crippen molar-refractivity contribution in [2.24, 2.45) is 0 Å². The van der Waals surface area contributed by atoms with Crippen molar-refractivity contribution in [3.8, 4) is 0 Å². The van der Waals surface area contributed by atoms with Gasteiger partial charge in [0.1, 0.15) is 0 Å². The van der Waals surface area contributed by atoms with Crippen LogP contribution >= 0.6 is 11.6 Å². The fourth-order valence-electron chi connectivity index (χ4n) is 2.97. The zero-order chi connectivity index (χ0) is 19.8. The standard InChI is InChI=1S/C10H12ClN3.C9H17NO3/c11-9-7-13-4-1-10(9)14-5-2-8(12)3-6-14;1-7(2)13-9(12)10-5-3-8(11)4-6-10/h1,4,7,12H,2-3,5-6H2;7-8,11H,3-6H2,1-2H3. The van der Waals surface area contributed by atoms with Gasteiger partial charge in [-0.05, 0) is 32.8 Å². The maximum Gasteiger partial charge on any atom is 0.410 e. The van der Waals surface area contributed by atoms with E-state index >= 15 is 0 Å². The smallest absolute Gasteiger partial charge is 0.410 e. The summed E-state index contributed by atoms with van der Waals surface area (Å²) in [7, 11) is 0. The average molecular weight is 397 g/mol. The first-order valence-corrected chi connectivity index (χ1v) is 9.79. The van der Waals surface area contributed by atoms with Crippen LogP contribution in [0.4, 0.5) is 10.5 Å². The van der Waals surface area contributed by atoms with Crippen LogP contribution < -0.4 is 4.90 Å². The van der Waals surface area contributed by atoms with Gasteiger partial charge in [0.2, 0.25) is 0 Å². The predicted molar refractivity (Wildman–Crippen MR) is 107 cm³/mol. The highest BCUT2D eigenvalue weighted by atomic mass is 35.5. The fourth-order valence-corrected chi connectivity index (χ4v) is 3.21. The number of halogens is 1. The lowest BCUT2D eigenvalue weighted by molar-refractivity contribution is 0.0457. The van der Waals surface area contributed by atoms with Crippen LogP contribution in [0.2, 0.25) is 5.02 Å². The molecule has 150 valence electrons. The number of aromatic nitrogens is 1. The number of hydrogen-bond acceptors (Lipinski definition) is 6. The van der Waals surface area contributed by atoms with Crippen molar-refractivity contribution in [2.75, 3.05) is 31.1 Å². The molecule has 0 unspecified atom stereocenters. The SMILES string of the molecule is CC(C)OC(=O)N1CCC(O)CC1.N=C1CCN(c2ccncc2Cl)CC1. The fraction of sp³-hybridized carbons (Fsp3) is 0.632. The Morgan fingerprint density at radius 3 is 2.48 bits per heavy atom. The second-order valence-corrected chi connectivity index (χ2v) is 7.48. The van der Waals surface area contributed by atoms with Gasteiger partial charge in [0.15, 0.2) is 0 Å². The molecule has 0 atom stereocenters. The van der Waals surface area contributed by atoms with Gasteiger partial charge in [-0.15, -0.1) is 0 Å². The number of ether oxygens (including phenoxy) is 1. The molecule has 0 aromatic carbocycles. The van der Waals surface area contributed by atoms with E-state index in [-0.39, 0.29) is 18.3 Å². The molecule has 2 aliphatic rings. The second-order valence-electron chi connectivity index (χ2n) is 7.07. The largest absolute Gasteiger partial charge is 0.447 e. The maximum absolute atomic E-state index is 11.3. The van der Waals surface area contributed by atoms with Gasteiger partial charge < -0.3 is 25.1 Å². The minimum Gasteiger partial charge on any atom is -0.447 e. The number of nitrogens with one attached hydrogen (secondary N) is 1. The molecule has 2 aliphatic heterocycles. The van der Waals surface area contributed by atoms with E-state index in [4.69, 9.17) is 21.7 Å². The number of aliphatic hydroxyl groups excluding tert-OH is 1. The highest BCUT2D eigenvalue weighted by molar-refractivity contribution is 6.33. The van der Waals surface area contributed by atoms with Crippen LogP contribution in [0, 0.1) is 5.41 Å². The van der Waals surface area contributed by atoms with Crippen LogP contribution in [0.25, 0.3) is 0 Å². The van der Waals surface area contributed by atoms with E-state index in [0.29, 0.717) is 31.0 Å². The molecule has 2 fully saturated rings. The lowest BCUT2D eigenvalue weighted by Crippen LogP contribution is -2.41. The third kappa shape index (κ3) is 6.99. The van der Waals surface area contributed by atoms with Crippen LogP contribution in [0.5, 0.6) is 0 Å². The van der Waals surface area contributed by atoms with Gasteiger partial charge >= 0.3 is 6.09 Å². The quantitative estimate of drug-likeness (QED) is 0.800. The van der Waals surface area contributed by atoms with E-state index in [1.807, 2.05) is 19.9 Å². The van der Waals surface area contributed by atoms with Gasteiger partial charge in [-0.25, -0.2) is 4.79 Å². The first kappa shape index (κ1) is 21.4. The molecule has 0 aliphatic carbocycles. The molecule has 1 aromatic heterocycles. The summed E-state index contributed by atoms with van der Waals surface area (Å²) in [4.78, 5) is 19.1. The van der Waals surface area contributed by atoms with Crippen LogP contribution in [0.15, 0.2) is 18.5 Å². The number of carbonyl (C=O) groups excluding carboxylic acids is 1. The molecule has 0 saturated carbocycles. The van der Waals surface area contributed by atoms with Crippen molar-refractivity contribution < 1.29 is 14.6 Å². The number of piperidine rings is 2. The Bertz CT molecular complexity index is 623. The van der Waals surface area contributed by atoms with E-state index in [1.165, 1.54) is 0 Å². The number of amides is 1. The summed E-state index contributed by atoms with van der Waals surface area (Å²) in [5.41, 5.74) is 1.88. The Morgan fingerprint density at radius 1 is 1.30 bits per heavy atom. The Balaban J connectivity index is 0.000000194. The van der Waals surface area contributed by atoms with Crippen molar-refractivity contribution in [3.05, 3.63) is 23.5 Å². The van der Waals surface area contributed by atoms with Gasteiger partial charge in [0, 0.05) is 57.1 Å². The average Bonchev–Trinajstić information content (AvgIpc) is 2.63. The molecular formula is C19H29ClN4O3. The molecule has 3 heterocycles. The second kappa shape index (κ2) is 10.5. The minimum atomic E-state index is -0.262. The molecule has 8 heteroatoms. The molecule has 2 saturated heterocycles. The Kier molecular flexibility index (Phi) is 8.31. The summed E-state index contributed by atoms with van der Waals surface area (Å²) >= 11 is 6.04. The van der Waals surface area contributed by atoms with Gasteiger partial charge in [0.25, 0.3) is 0 Å². The molecule has 1 amide bonds. The monoisotopic (exact) mass is 396 g/mol. The molecule has 0 radical (unpaired) electrons. The molecule has 27 heavy (non-hydrogen) atoms. The number of rotatable bonds is 2. The molecule has 2 N–H and O–H groups in total. The van der Waals surface area contributed by atoms with Crippen molar-refractivity contribution in [3.63, 3.8) is 0 Å². The van der Waals surface area contributed by atoms with Crippen molar-refractivity contribution in [1.29, 1.82) is 5.41 Å². The number of hydrogen-bond donors (Lipinski definition) is 2. The van der Waals surface area contributed by atoms with Gasteiger partial charge in [-0.2, -0.15) is 0 Å². The highest BCUT2D eigenvalue weighted by Crippen LogP contribution is 2.26. The highest BCUT2D eigenvalue weighted by Gasteiger charge is 2.22. The van der Waals surface area contributed by atoms with Crippen LogP contribution in [-0.4, -0.2) is 65.2 Å². The molecule has 0 spiro atoms. The van der Waals surface area contributed by atoms with E-state index in [1.54, 1.807) is 17.3 Å². The van der Waals surface area contributed by atoms with E-state index in [0.717, 1.165) is 37.3 Å². The summed E-state index contributed by atoms with van der Waals surface area (Å²) in [5, 5.41) is 17.4. The lowest BCUT2D eigenvalue weighted by atomic mass is 10.1. The number of aliphatic hydroxyl groups is 1. The predicted octanol–water partition coefficient (Wildman–Crippen LogP) is 3.34. The number of carbonyl (C=O) groups is 1. The Morgan fingerprint density at radius 2 is 1.93 bits per heavy atom. The van der Waals surface area contributed by atoms with E-state index in [2.05, 4.69) is 9.88 Å².